The van der Waals surface area contributed by atoms with Crippen LogP contribution < -0.4 is 20.9 Å². The van der Waals surface area contributed by atoms with E-state index in [-0.39, 0.29) is 5.91 Å². The minimum atomic E-state index is -5.77. The molecule has 2 aromatic heterocycles. The van der Waals surface area contributed by atoms with Gasteiger partial charge in [-0.2, -0.15) is 31.3 Å². The third-order valence-electron chi connectivity index (χ3n) is 7.68. The van der Waals surface area contributed by atoms with Crippen molar-refractivity contribution in [2.24, 2.45) is 5.92 Å². The molecule has 0 saturated carbocycles. The largest absolute Gasteiger partial charge is 0.458 e. The molecule has 4 aromatic rings. The first-order valence-electron chi connectivity index (χ1n) is 15.0. The molecule has 0 aliphatic carbocycles. The molecule has 0 unspecified atom stereocenters. The van der Waals surface area contributed by atoms with Crippen LogP contribution in [0.2, 0.25) is 5.02 Å². The molecule has 4 heterocycles. The predicted octanol–water partition coefficient (Wildman–Crippen LogP) is 7.06. The highest BCUT2D eigenvalue weighted by molar-refractivity contribution is 7.13. The van der Waals surface area contributed by atoms with Gasteiger partial charge in [0.15, 0.2) is 5.82 Å². The summed E-state index contributed by atoms with van der Waals surface area (Å²) in [5, 5.41) is 19.3. The number of piperidine rings is 1. The number of ketones is 2. The van der Waals surface area contributed by atoms with Gasteiger partial charge in [-0.15, -0.1) is 10.2 Å². The van der Waals surface area contributed by atoms with Gasteiger partial charge in [-0.25, -0.2) is 4.98 Å². The molecule has 0 radical (unpaired) electrons. The standard InChI is InChI=1S/C27H27ClN8OS.C4F6O2/c28-22-15-29-26-32-20-3-1-2-17(12-20)4-5-19-14-21(31-25(22)34-26)6-7-23(19)33-24(37)13-18-8-10-36(11-9-18)27-35-30-16-38-27;5-3(6,7)1(11)2(12)4(8,9)10/h1-3,6-7,12,14-16,18H,4-5,8-11,13H2,(H,33,37)(H2,29,31,32,34);. The van der Waals surface area contributed by atoms with Gasteiger partial charge in [-0.3, -0.25) is 14.4 Å². The molecule has 19 heteroatoms. The van der Waals surface area contributed by atoms with Gasteiger partial charge in [0.05, 0.1) is 6.20 Å². The highest BCUT2D eigenvalue weighted by Gasteiger charge is 2.54. The van der Waals surface area contributed by atoms with Crippen molar-refractivity contribution in [3.63, 3.8) is 0 Å². The maximum absolute atomic E-state index is 13.1. The molecule has 3 N–H and O–H groups in total. The zero-order chi connectivity index (χ0) is 36.1. The predicted molar refractivity (Wildman–Crippen MR) is 174 cm³/mol. The quantitative estimate of drug-likeness (QED) is 0.144. The van der Waals surface area contributed by atoms with Crippen LogP contribution in [0.3, 0.4) is 0 Å². The summed E-state index contributed by atoms with van der Waals surface area (Å²) in [5.74, 6) is -5.43. The summed E-state index contributed by atoms with van der Waals surface area (Å²) in [5.41, 5.74) is 6.59. The van der Waals surface area contributed by atoms with Crippen molar-refractivity contribution >= 4 is 74.4 Å². The van der Waals surface area contributed by atoms with Crippen molar-refractivity contribution in [2.45, 2.75) is 44.5 Å². The number of hydrogen-bond donors (Lipinski definition) is 3. The van der Waals surface area contributed by atoms with Gasteiger partial charge in [-0.1, -0.05) is 35.1 Å². The van der Waals surface area contributed by atoms with E-state index in [1.54, 1.807) is 23.0 Å². The second-order valence-electron chi connectivity index (χ2n) is 11.3. The lowest BCUT2D eigenvalue weighted by molar-refractivity contribution is -0.193. The number of carbonyl (C=O) groups is 3. The van der Waals surface area contributed by atoms with Gasteiger partial charge >= 0.3 is 23.9 Å². The summed E-state index contributed by atoms with van der Waals surface area (Å²) < 4.78 is 67.0. The Bertz CT molecular complexity index is 1830. The summed E-state index contributed by atoms with van der Waals surface area (Å²) in [6.45, 7) is 1.81. The van der Waals surface area contributed by atoms with E-state index in [1.165, 1.54) is 5.56 Å². The Labute approximate surface area is 289 Å². The minimum Gasteiger partial charge on any atom is -0.347 e. The van der Waals surface area contributed by atoms with Crippen molar-refractivity contribution < 1.29 is 40.7 Å². The number of benzene rings is 2. The zero-order valence-electron chi connectivity index (χ0n) is 25.7. The molecular weight excluding hydrogens is 714 g/mol. The van der Waals surface area contributed by atoms with E-state index >= 15 is 0 Å². The van der Waals surface area contributed by atoms with E-state index in [0.29, 0.717) is 29.1 Å². The van der Waals surface area contributed by atoms with Crippen molar-refractivity contribution in [3.05, 3.63) is 70.3 Å². The van der Waals surface area contributed by atoms with Crippen LogP contribution in [0.5, 0.6) is 0 Å². The number of alkyl halides is 6. The summed E-state index contributed by atoms with van der Waals surface area (Å²) in [6, 6.07) is 14.2. The maximum Gasteiger partial charge on any atom is 0.458 e. The van der Waals surface area contributed by atoms with E-state index in [2.05, 4.69) is 59.2 Å². The smallest absolute Gasteiger partial charge is 0.347 e. The van der Waals surface area contributed by atoms with E-state index in [0.717, 1.165) is 66.5 Å². The fraction of sp³-hybridized carbons (Fsp3) is 0.323. The topological polar surface area (TPSA) is 142 Å². The first-order chi connectivity index (χ1) is 23.7. The van der Waals surface area contributed by atoms with Crippen LogP contribution in [0.1, 0.15) is 30.4 Å². The lowest BCUT2D eigenvalue weighted by Crippen LogP contribution is -2.39. The summed E-state index contributed by atoms with van der Waals surface area (Å²) in [6.07, 6.45) is -5.92. The Morgan fingerprint density at radius 1 is 0.940 bits per heavy atom. The van der Waals surface area contributed by atoms with Crippen LogP contribution in [-0.4, -0.2) is 63.1 Å². The molecule has 2 aliphatic rings. The molecule has 6 bridgehead atoms. The number of aryl methyl sites for hydroxylation is 2. The summed E-state index contributed by atoms with van der Waals surface area (Å²) >= 11 is 7.94. The van der Waals surface area contributed by atoms with Crippen LogP contribution in [0.25, 0.3) is 0 Å². The fourth-order valence-corrected chi connectivity index (χ4v) is 5.97. The van der Waals surface area contributed by atoms with E-state index in [1.807, 2.05) is 24.3 Å². The first kappa shape index (κ1) is 36.4. The number of nitrogens with one attached hydrogen (secondary N) is 3. The summed E-state index contributed by atoms with van der Waals surface area (Å²) in [4.78, 5) is 43.4. The van der Waals surface area contributed by atoms with Crippen molar-refractivity contribution in [2.75, 3.05) is 33.9 Å². The molecule has 1 saturated heterocycles. The molecular formula is C31H27ClF6N8O3S. The highest BCUT2D eigenvalue weighted by Crippen LogP contribution is 2.31. The van der Waals surface area contributed by atoms with Crippen LogP contribution in [-0.2, 0) is 27.2 Å². The number of Topliss-reactive ketones (excluding diaryl/α,β-unsaturated/α-hetero) is 2. The number of nitrogens with zero attached hydrogens (tertiary/aromatic N) is 5. The molecule has 2 aliphatic heterocycles. The van der Waals surface area contributed by atoms with Gasteiger partial charge in [0.25, 0.3) is 0 Å². The SMILES string of the molecule is O=C(C(=O)C(F)(F)F)C(F)(F)F.O=C(CC1CCN(c2nncs2)CC1)Nc1ccc2cc1CCc1cccc(c1)Nc1ncc(Cl)c(n1)N2. The van der Waals surface area contributed by atoms with E-state index in [4.69, 9.17) is 11.6 Å². The van der Waals surface area contributed by atoms with Gasteiger partial charge < -0.3 is 20.9 Å². The molecule has 2 aromatic carbocycles. The van der Waals surface area contributed by atoms with Gasteiger partial charge in [0.1, 0.15) is 10.5 Å². The molecule has 11 nitrogen and oxygen atoms in total. The number of anilines is 6. The lowest BCUT2D eigenvalue weighted by Gasteiger charge is -2.31. The number of rotatable bonds is 5. The van der Waals surface area contributed by atoms with E-state index < -0.39 is 23.9 Å². The third-order valence-corrected chi connectivity index (χ3v) is 8.71. The average molecular weight is 741 g/mol. The van der Waals surface area contributed by atoms with Crippen LogP contribution in [0, 0.1) is 5.92 Å². The van der Waals surface area contributed by atoms with Gasteiger partial charge in [0, 0.05) is 36.6 Å². The number of carbonyl (C=O) groups excluding carboxylic acids is 3. The van der Waals surface area contributed by atoms with Crippen molar-refractivity contribution in [3.8, 4) is 0 Å². The second-order valence-corrected chi connectivity index (χ2v) is 12.5. The highest BCUT2D eigenvalue weighted by atomic mass is 35.5. The van der Waals surface area contributed by atoms with E-state index in [9.17, 15) is 40.7 Å². The zero-order valence-corrected chi connectivity index (χ0v) is 27.3. The van der Waals surface area contributed by atoms with Crippen molar-refractivity contribution in [1.82, 2.24) is 20.2 Å². The molecule has 1 amide bonds. The third kappa shape index (κ3) is 9.65. The Balaban J connectivity index is 0.000000349. The first-order valence-corrected chi connectivity index (χ1v) is 16.2. The van der Waals surface area contributed by atoms with Crippen LogP contribution in [0.4, 0.5) is 60.3 Å². The fourth-order valence-electron chi connectivity index (χ4n) is 5.22. The van der Waals surface area contributed by atoms with Crippen LogP contribution in [0.15, 0.2) is 54.2 Å². The number of amides is 1. The molecule has 1 fully saturated rings. The Hall–Kier alpha value is -4.84. The number of aromatic nitrogens is 4. The Kier molecular flexibility index (Phi) is 11.2. The van der Waals surface area contributed by atoms with Gasteiger partial charge in [-0.05, 0) is 73.1 Å². The lowest BCUT2D eigenvalue weighted by atomic mass is 9.93. The van der Waals surface area contributed by atoms with Crippen molar-refractivity contribution in [1.29, 1.82) is 0 Å². The number of fused-ring (bicyclic) bond motifs is 6. The molecule has 264 valence electrons. The average Bonchev–Trinajstić information content (AvgIpc) is 3.61. The number of halogens is 7. The second kappa shape index (κ2) is 15.4. The molecule has 0 atom stereocenters. The molecule has 50 heavy (non-hydrogen) atoms. The summed E-state index contributed by atoms with van der Waals surface area (Å²) in [7, 11) is 0. The normalized spacial score (nSPS) is 14.7. The monoisotopic (exact) mass is 740 g/mol. The number of hydrogen-bond acceptors (Lipinski definition) is 11. The Morgan fingerprint density at radius 2 is 1.64 bits per heavy atom. The molecule has 0 spiro atoms. The molecule has 6 rings (SSSR count). The Morgan fingerprint density at radius 3 is 2.30 bits per heavy atom. The van der Waals surface area contributed by atoms with Gasteiger partial charge in [0.2, 0.25) is 17.0 Å². The minimum absolute atomic E-state index is 0.0499. The van der Waals surface area contributed by atoms with Crippen LogP contribution >= 0.6 is 22.9 Å². The maximum atomic E-state index is 13.1.